The first-order chi connectivity index (χ1) is 24.2. The molecule has 10 nitrogen and oxygen atoms in total. The third-order valence-corrected chi connectivity index (χ3v) is 9.76. The molecule has 0 bridgehead atoms. The van der Waals surface area contributed by atoms with Crippen molar-refractivity contribution in [1.82, 2.24) is 10.6 Å². The smallest absolute Gasteiger partial charge is 0.319 e. The van der Waals surface area contributed by atoms with E-state index >= 15 is 0 Å². The normalized spacial score (nSPS) is 16.5. The lowest BCUT2D eigenvalue weighted by Gasteiger charge is -2.34. The Morgan fingerprint density at radius 1 is 0.660 bits per heavy atom. The van der Waals surface area contributed by atoms with Crippen molar-refractivity contribution in [3.63, 3.8) is 0 Å². The second-order valence-electron chi connectivity index (χ2n) is 13.6. The SMILES string of the molecule is Cc1ccc(CCc2ccc(C)c(NC(=O)NC3CCCN(c4ccc(O)cc4)C3)c2)c(NC(=O)NC2CCN(c3ccc(O)cc3)CC2)c1. The highest BCUT2D eigenvalue weighted by atomic mass is 16.3. The summed E-state index contributed by atoms with van der Waals surface area (Å²) in [5.41, 5.74) is 7.91. The van der Waals surface area contributed by atoms with Crippen molar-refractivity contribution in [2.45, 2.75) is 64.5 Å². The number of nitrogens with one attached hydrogen (secondary N) is 4. The fourth-order valence-corrected chi connectivity index (χ4v) is 6.89. The number of amides is 4. The van der Waals surface area contributed by atoms with E-state index in [9.17, 15) is 19.8 Å². The van der Waals surface area contributed by atoms with E-state index < -0.39 is 0 Å². The minimum absolute atomic E-state index is 0.0176. The number of benzene rings is 4. The Hall–Kier alpha value is -5.38. The third-order valence-electron chi connectivity index (χ3n) is 9.76. The summed E-state index contributed by atoms with van der Waals surface area (Å²) in [6.45, 7) is 7.30. The molecule has 2 aliphatic rings. The van der Waals surface area contributed by atoms with Gasteiger partial charge in [0.2, 0.25) is 0 Å². The lowest BCUT2D eigenvalue weighted by Crippen LogP contribution is -2.49. The zero-order chi connectivity index (χ0) is 35.0. The van der Waals surface area contributed by atoms with E-state index in [0.717, 1.165) is 103 Å². The molecule has 1 atom stereocenters. The van der Waals surface area contributed by atoms with Crippen molar-refractivity contribution in [2.75, 3.05) is 46.6 Å². The van der Waals surface area contributed by atoms with Gasteiger partial charge in [0.15, 0.2) is 0 Å². The van der Waals surface area contributed by atoms with E-state index in [-0.39, 0.29) is 35.6 Å². The largest absolute Gasteiger partial charge is 0.508 e. The number of hydrogen-bond acceptors (Lipinski definition) is 6. The third kappa shape index (κ3) is 9.19. The molecule has 2 fully saturated rings. The highest BCUT2D eigenvalue weighted by molar-refractivity contribution is 5.91. The van der Waals surface area contributed by atoms with Crippen LogP contribution in [0.3, 0.4) is 0 Å². The lowest BCUT2D eigenvalue weighted by molar-refractivity contribution is 0.245. The Morgan fingerprint density at radius 2 is 1.28 bits per heavy atom. The highest BCUT2D eigenvalue weighted by Gasteiger charge is 2.23. The number of aromatic hydroxyl groups is 2. The molecule has 0 aliphatic carbocycles. The lowest BCUT2D eigenvalue weighted by atomic mass is 10.00. The number of phenols is 2. The summed E-state index contributed by atoms with van der Waals surface area (Å²) in [7, 11) is 0. The predicted octanol–water partition coefficient (Wildman–Crippen LogP) is 7.08. The molecule has 4 aromatic carbocycles. The van der Waals surface area contributed by atoms with Gasteiger partial charge in [-0.1, -0.05) is 24.3 Å². The highest BCUT2D eigenvalue weighted by Crippen LogP contribution is 2.26. The van der Waals surface area contributed by atoms with E-state index in [1.54, 1.807) is 24.3 Å². The van der Waals surface area contributed by atoms with Gasteiger partial charge in [-0.05, 0) is 135 Å². The molecule has 262 valence electrons. The first-order valence-corrected chi connectivity index (χ1v) is 17.6. The summed E-state index contributed by atoms with van der Waals surface area (Å²) in [4.78, 5) is 30.7. The molecular weight excluding hydrogens is 628 g/mol. The van der Waals surface area contributed by atoms with Crippen LogP contribution in [0.15, 0.2) is 84.9 Å². The van der Waals surface area contributed by atoms with Gasteiger partial charge in [-0.3, -0.25) is 0 Å². The molecule has 0 aromatic heterocycles. The Balaban J connectivity index is 1.00. The number of aryl methyl sites for hydroxylation is 4. The van der Waals surface area contributed by atoms with Crippen LogP contribution in [0.25, 0.3) is 0 Å². The van der Waals surface area contributed by atoms with Gasteiger partial charge in [-0.15, -0.1) is 0 Å². The maximum absolute atomic E-state index is 13.1. The van der Waals surface area contributed by atoms with E-state index in [1.807, 2.05) is 56.3 Å². The van der Waals surface area contributed by atoms with Gasteiger partial charge in [0.25, 0.3) is 0 Å². The second kappa shape index (κ2) is 15.9. The zero-order valence-corrected chi connectivity index (χ0v) is 28.9. The van der Waals surface area contributed by atoms with Crippen molar-refractivity contribution in [3.8, 4) is 11.5 Å². The standard InChI is InChI=1S/C40H48N6O4/c1-27-5-9-30(38(24-27)44-39(49)41-31-19-22-45(23-20-31)33-11-15-35(47)16-12-33)10-8-29-7-6-28(2)37(25-29)43-40(50)42-32-4-3-21-46(26-32)34-13-17-36(48)18-14-34/h5-7,9,11-18,24-25,31-32,47-48H,3-4,8,10,19-23,26H2,1-2H3,(H2,41,44,49)(H2,42,43,50). The molecule has 2 heterocycles. The van der Waals surface area contributed by atoms with Crippen LogP contribution in [0.4, 0.5) is 32.3 Å². The molecule has 0 radical (unpaired) electrons. The number of carbonyl (C=O) groups is 2. The summed E-state index contributed by atoms with van der Waals surface area (Å²) in [5.74, 6) is 0.501. The molecule has 0 spiro atoms. The number of phenolic OH excluding ortho intramolecular Hbond substituents is 2. The van der Waals surface area contributed by atoms with Crippen LogP contribution in [-0.2, 0) is 12.8 Å². The maximum Gasteiger partial charge on any atom is 0.319 e. The Bertz CT molecular complexity index is 1770. The first-order valence-electron chi connectivity index (χ1n) is 17.6. The molecule has 2 aliphatic heterocycles. The number of anilines is 4. The molecule has 4 amide bonds. The number of hydrogen-bond donors (Lipinski definition) is 6. The Kier molecular flexibility index (Phi) is 11.0. The molecule has 50 heavy (non-hydrogen) atoms. The van der Waals surface area contributed by atoms with E-state index in [1.165, 1.54) is 0 Å². The van der Waals surface area contributed by atoms with E-state index in [0.29, 0.717) is 6.54 Å². The fraction of sp³-hybridized carbons (Fsp3) is 0.350. The van der Waals surface area contributed by atoms with Gasteiger partial charge in [0.1, 0.15) is 11.5 Å². The summed E-state index contributed by atoms with van der Waals surface area (Å²) in [5, 5.41) is 31.7. The summed E-state index contributed by atoms with van der Waals surface area (Å²) in [6.07, 6.45) is 5.04. The Labute approximate surface area is 294 Å². The monoisotopic (exact) mass is 676 g/mol. The van der Waals surface area contributed by atoms with Gasteiger partial charge in [-0.2, -0.15) is 0 Å². The molecule has 6 N–H and O–H groups in total. The number of nitrogens with zero attached hydrogens (tertiary/aromatic N) is 2. The Morgan fingerprint density at radius 3 is 1.96 bits per heavy atom. The molecule has 10 heteroatoms. The topological polar surface area (TPSA) is 129 Å². The number of piperidine rings is 2. The predicted molar refractivity (Wildman–Crippen MR) is 201 cm³/mol. The number of urea groups is 2. The second-order valence-corrected chi connectivity index (χ2v) is 13.6. The van der Waals surface area contributed by atoms with Crippen molar-refractivity contribution in [1.29, 1.82) is 0 Å². The van der Waals surface area contributed by atoms with Gasteiger partial charge < -0.3 is 41.3 Å². The number of carbonyl (C=O) groups excluding carboxylic acids is 2. The van der Waals surface area contributed by atoms with Gasteiger partial charge in [0, 0.05) is 61.0 Å². The van der Waals surface area contributed by atoms with Crippen LogP contribution in [-0.4, -0.2) is 60.5 Å². The summed E-state index contributed by atoms with van der Waals surface area (Å²) < 4.78 is 0. The van der Waals surface area contributed by atoms with E-state index in [2.05, 4.69) is 49.3 Å². The van der Waals surface area contributed by atoms with Gasteiger partial charge in [-0.25, -0.2) is 9.59 Å². The van der Waals surface area contributed by atoms with Crippen molar-refractivity contribution in [3.05, 3.63) is 107 Å². The van der Waals surface area contributed by atoms with Gasteiger partial charge in [0.05, 0.1) is 0 Å². The van der Waals surface area contributed by atoms with Crippen molar-refractivity contribution >= 4 is 34.8 Å². The van der Waals surface area contributed by atoms with Crippen molar-refractivity contribution < 1.29 is 19.8 Å². The fourth-order valence-electron chi connectivity index (χ4n) is 6.89. The molecule has 0 saturated carbocycles. The maximum atomic E-state index is 13.1. The zero-order valence-electron chi connectivity index (χ0n) is 28.9. The first kappa shape index (κ1) is 34.5. The van der Waals surface area contributed by atoms with Crippen molar-refractivity contribution in [2.24, 2.45) is 0 Å². The molecular formula is C40H48N6O4. The molecule has 2 saturated heterocycles. The van der Waals surface area contributed by atoms with Crippen LogP contribution >= 0.6 is 0 Å². The van der Waals surface area contributed by atoms with E-state index in [4.69, 9.17) is 0 Å². The van der Waals surface area contributed by atoms with Crippen LogP contribution in [0.5, 0.6) is 11.5 Å². The van der Waals surface area contributed by atoms with Crippen LogP contribution in [0.2, 0.25) is 0 Å². The average Bonchev–Trinajstić information content (AvgIpc) is 3.10. The number of rotatable bonds is 9. The van der Waals surface area contributed by atoms with Crippen LogP contribution < -0.4 is 31.1 Å². The van der Waals surface area contributed by atoms with Crippen LogP contribution in [0.1, 0.15) is 47.9 Å². The molecule has 1 unspecified atom stereocenters. The summed E-state index contributed by atoms with van der Waals surface area (Å²) >= 11 is 0. The summed E-state index contributed by atoms with van der Waals surface area (Å²) in [6, 6.07) is 26.5. The molecule has 6 rings (SSSR count). The molecule has 4 aromatic rings. The quantitative estimate of drug-likeness (QED) is 0.112. The van der Waals surface area contributed by atoms with Crippen LogP contribution in [0, 0.1) is 13.8 Å². The van der Waals surface area contributed by atoms with Gasteiger partial charge >= 0.3 is 12.1 Å². The minimum Gasteiger partial charge on any atom is -0.508 e. The minimum atomic E-state index is -0.218. The average molecular weight is 677 g/mol.